The van der Waals surface area contributed by atoms with Gasteiger partial charge >= 0.3 is 0 Å². The first-order valence-electron chi connectivity index (χ1n) is 4.05. The molecule has 13 heavy (non-hydrogen) atoms. The van der Waals surface area contributed by atoms with E-state index in [1.807, 2.05) is 25.3 Å². The average Bonchev–Trinajstić information content (AvgIpc) is 2.21. The van der Waals surface area contributed by atoms with Gasteiger partial charge in [-0.25, -0.2) is 0 Å². The molecule has 0 saturated carbocycles. The first-order valence-corrected chi connectivity index (χ1v) is 4.05. The van der Waals surface area contributed by atoms with Gasteiger partial charge < -0.3 is 0 Å². The van der Waals surface area contributed by atoms with Crippen LogP contribution in [0.2, 0.25) is 0 Å². The number of aromatic nitrogens is 1. The van der Waals surface area contributed by atoms with Crippen LogP contribution in [0.25, 0.3) is 10.8 Å². The second-order valence-electron chi connectivity index (χ2n) is 2.67. The molecule has 0 N–H and O–H groups in total. The Morgan fingerprint density at radius 2 is 1.69 bits per heavy atom. The van der Waals surface area contributed by atoms with Gasteiger partial charge in [-0.3, -0.25) is 9.37 Å². The molecule has 1 nitrogen and oxygen atoms in total. The maximum absolute atomic E-state index is 9.50. The van der Waals surface area contributed by atoms with Crippen molar-refractivity contribution < 1.29 is 4.39 Å². The van der Waals surface area contributed by atoms with Gasteiger partial charge in [0.2, 0.25) is 0 Å². The monoisotopic (exact) mass is 177 g/mol. The van der Waals surface area contributed by atoms with E-state index in [9.17, 15) is 4.39 Å². The lowest BCUT2D eigenvalue weighted by Crippen LogP contribution is -1.79. The van der Waals surface area contributed by atoms with Crippen LogP contribution in [0.3, 0.4) is 0 Å². The molecule has 0 aliphatic carbocycles. The lowest BCUT2D eigenvalue weighted by atomic mass is 10.1. The van der Waals surface area contributed by atoms with E-state index in [0.717, 1.165) is 5.69 Å². The molecule has 1 aromatic carbocycles. The summed E-state index contributed by atoms with van der Waals surface area (Å²) in [6, 6.07) is 10.3. The van der Waals surface area contributed by atoms with Crippen molar-refractivity contribution in [1.82, 2.24) is 4.98 Å². The van der Waals surface area contributed by atoms with Gasteiger partial charge in [0.1, 0.15) is 0 Å². The molecule has 0 saturated heterocycles. The minimum Gasteiger partial charge on any atom is -0.261 e. The summed E-state index contributed by atoms with van der Waals surface area (Å²) in [7, 11) is 0.500. The van der Waals surface area contributed by atoms with E-state index in [4.69, 9.17) is 0 Å². The SMILES string of the molecule is CF.Cc1cc2ccccc2cn1. The highest BCUT2D eigenvalue weighted by Gasteiger charge is 1.90. The zero-order valence-electron chi connectivity index (χ0n) is 7.79. The van der Waals surface area contributed by atoms with Gasteiger partial charge in [-0.2, -0.15) is 0 Å². The Morgan fingerprint density at radius 1 is 1.08 bits per heavy atom. The van der Waals surface area contributed by atoms with Crippen LogP contribution < -0.4 is 0 Å². The molecule has 1 heterocycles. The molecule has 0 radical (unpaired) electrons. The second kappa shape index (κ2) is 4.55. The number of alkyl halides is 1. The molecular formula is C11H12FN. The van der Waals surface area contributed by atoms with Crippen molar-refractivity contribution in [3.8, 4) is 0 Å². The fourth-order valence-corrected chi connectivity index (χ4v) is 1.19. The topological polar surface area (TPSA) is 12.9 Å². The lowest BCUT2D eigenvalue weighted by Gasteiger charge is -1.96. The normalized spacial score (nSPS) is 9.15. The van der Waals surface area contributed by atoms with Gasteiger partial charge in [-0.1, -0.05) is 24.3 Å². The third kappa shape index (κ3) is 2.25. The Morgan fingerprint density at radius 3 is 2.38 bits per heavy atom. The third-order valence-corrected chi connectivity index (χ3v) is 1.77. The van der Waals surface area contributed by atoms with E-state index < -0.39 is 0 Å². The second-order valence-corrected chi connectivity index (χ2v) is 2.67. The molecule has 0 aliphatic rings. The smallest absolute Gasteiger partial charge is 0.0785 e. The summed E-state index contributed by atoms with van der Waals surface area (Å²) < 4.78 is 9.50. The predicted molar refractivity (Wildman–Crippen MR) is 53.5 cm³/mol. The molecular weight excluding hydrogens is 165 g/mol. The van der Waals surface area contributed by atoms with Gasteiger partial charge in [0, 0.05) is 17.3 Å². The van der Waals surface area contributed by atoms with Crippen LogP contribution in [0.5, 0.6) is 0 Å². The summed E-state index contributed by atoms with van der Waals surface area (Å²) >= 11 is 0. The summed E-state index contributed by atoms with van der Waals surface area (Å²) in [5.74, 6) is 0. The fraction of sp³-hybridized carbons (Fsp3) is 0.182. The number of nitrogens with zero attached hydrogens (tertiary/aromatic N) is 1. The van der Waals surface area contributed by atoms with Gasteiger partial charge in [0.05, 0.1) is 7.18 Å². The van der Waals surface area contributed by atoms with Gasteiger partial charge in [-0.05, 0) is 18.4 Å². The fourth-order valence-electron chi connectivity index (χ4n) is 1.19. The molecule has 0 atom stereocenters. The Labute approximate surface area is 77.2 Å². The van der Waals surface area contributed by atoms with Crippen molar-refractivity contribution in [2.45, 2.75) is 6.92 Å². The number of aryl methyl sites for hydroxylation is 1. The van der Waals surface area contributed by atoms with Crippen LogP contribution in [0.15, 0.2) is 36.5 Å². The van der Waals surface area contributed by atoms with Crippen LogP contribution in [-0.4, -0.2) is 12.2 Å². The summed E-state index contributed by atoms with van der Waals surface area (Å²) in [5.41, 5.74) is 1.07. The Bertz CT molecular complexity index is 385. The van der Waals surface area contributed by atoms with Crippen molar-refractivity contribution in [3.05, 3.63) is 42.2 Å². The molecule has 2 aromatic rings. The van der Waals surface area contributed by atoms with Crippen LogP contribution in [0.4, 0.5) is 4.39 Å². The number of hydrogen-bond donors (Lipinski definition) is 0. The summed E-state index contributed by atoms with van der Waals surface area (Å²) in [4.78, 5) is 4.21. The summed E-state index contributed by atoms with van der Waals surface area (Å²) in [5, 5.41) is 2.47. The quantitative estimate of drug-likeness (QED) is 0.602. The molecule has 0 spiro atoms. The Balaban J connectivity index is 0.000000396. The predicted octanol–water partition coefficient (Wildman–Crippen LogP) is 3.13. The standard InChI is InChI=1S/C10H9N.CH3F/c1-8-6-9-4-2-3-5-10(9)7-11-8;1-2/h2-7H,1H3;1H3. The minimum atomic E-state index is 0.500. The molecule has 0 aliphatic heterocycles. The molecule has 1 aromatic heterocycles. The van der Waals surface area contributed by atoms with Gasteiger partial charge in [0.15, 0.2) is 0 Å². The van der Waals surface area contributed by atoms with Gasteiger partial charge in [-0.15, -0.1) is 0 Å². The van der Waals surface area contributed by atoms with E-state index in [2.05, 4.69) is 23.2 Å². The van der Waals surface area contributed by atoms with Crippen molar-refractivity contribution in [1.29, 1.82) is 0 Å². The first-order chi connectivity index (χ1) is 6.36. The van der Waals surface area contributed by atoms with Crippen molar-refractivity contribution in [2.24, 2.45) is 0 Å². The number of hydrogen-bond acceptors (Lipinski definition) is 1. The molecule has 68 valence electrons. The molecule has 0 bridgehead atoms. The first kappa shape index (κ1) is 9.65. The number of halogens is 1. The Kier molecular flexibility index (Phi) is 3.38. The number of benzene rings is 1. The number of rotatable bonds is 0. The molecule has 0 amide bonds. The maximum atomic E-state index is 9.50. The van der Waals surface area contributed by atoms with Crippen molar-refractivity contribution in [2.75, 3.05) is 7.18 Å². The van der Waals surface area contributed by atoms with E-state index in [1.165, 1.54) is 10.8 Å². The highest BCUT2D eigenvalue weighted by Crippen LogP contribution is 2.12. The van der Waals surface area contributed by atoms with Crippen LogP contribution in [0.1, 0.15) is 5.69 Å². The van der Waals surface area contributed by atoms with Crippen molar-refractivity contribution >= 4 is 10.8 Å². The van der Waals surface area contributed by atoms with Crippen LogP contribution in [0, 0.1) is 6.92 Å². The minimum absolute atomic E-state index is 0.500. The third-order valence-electron chi connectivity index (χ3n) is 1.77. The molecule has 0 fully saturated rings. The van der Waals surface area contributed by atoms with Gasteiger partial charge in [0.25, 0.3) is 0 Å². The number of fused-ring (bicyclic) bond motifs is 1. The van der Waals surface area contributed by atoms with Crippen LogP contribution >= 0.6 is 0 Å². The van der Waals surface area contributed by atoms with Crippen molar-refractivity contribution in [3.63, 3.8) is 0 Å². The summed E-state index contributed by atoms with van der Waals surface area (Å²) in [6.07, 6.45) is 1.91. The molecule has 2 rings (SSSR count). The maximum Gasteiger partial charge on any atom is 0.0785 e. The highest BCUT2D eigenvalue weighted by atomic mass is 19.1. The van der Waals surface area contributed by atoms with E-state index >= 15 is 0 Å². The highest BCUT2D eigenvalue weighted by molar-refractivity contribution is 5.81. The lowest BCUT2D eigenvalue weighted by molar-refractivity contribution is 0.636. The van der Waals surface area contributed by atoms with E-state index in [-0.39, 0.29) is 0 Å². The van der Waals surface area contributed by atoms with Crippen LogP contribution in [-0.2, 0) is 0 Å². The zero-order chi connectivity index (χ0) is 9.68. The largest absolute Gasteiger partial charge is 0.261 e. The summed E-state index contributed by atoms with van der Waals surface area (Å²) in [6.45, 7) is 2.01. The molecule has 0 unspecified atom stereocenters. The molecule has 2 heteroatoms. The zero-order valence-corrected chi connectivity index (χ0v) is 7.79. The average molecular weight is 177 g/mol. The Hall–Kier alpha value is -1.44. The van der Waals surface area contributed by atoms with E-state index in [1.54, 1.807) is 0 Å². The number of pyridine rings is 1. The van der Waals surface area contributed by atoms with E-state index in [0.29, 0.717) is 7.18 Å².